The van der Waals surface area contributed by atoms with Crippen LogP contribution in [0.1, 0.15) is 33.2 Å². The monoisotopic (exact) mass is 476 g/mol. The SMILES string of the molecule is CC(C(=O)NCc1cccc(NC(=O)Cn2cccn2)c1)N1C(=O)c2cccc([N+](=O)[O-])c2C1=O. The van der Waals surface area contributed by atoms with Crippen molar-refractivity contribution in [1.29, 1.82) is 0 Å². The lowest BCUT2D eigenvalue weighted by molar-refractivity contribution is -0.385. The minimum absolute atomic E-state index is 0.0456. The molecule has 4 rings (SSSR count). The highest BCUT2D eigenvalue weighted by molar-refractivity contribution is 6.24. The molecule has 2 heterocycles. The molecule has 0 fully saturated rings. The molecule has 178 valence electrons. The molecule has 0 bridgehead atoms. The van der Waals surface area contributed by atoms with Crippen LogP contribution in [0.5, 0.6) is 0 Å². The molecular formula is C23H20N6O6. The molecule has 0 saturated carbocycles. The number of fused-ring (bicyclic) bond motifs is 1. The molecule has 4 amide bonds. The molecule has 1 aromatic heterocycles. The topological polar surface area (TPSA) is 157 Å². The van der Waals surface area contributed by atoms with Crippen molar-refractivity contribution in [3.8, 4) is 0 Å². The maximum atomic E-state index is 12.8. The van der Waals surface area contributed by atoms with Crippen LogP contribution in [0.2, 0.25) is 0 Å². The van der Waals surface area contributed by atoms with Crippen molar-refractivity contribution >= 4 is 35.0 Å². The predicted molar refractivity (Wildman–Crippen MR) is 122 cm³/mol. The highest BCUT2D eigenvalue weighted by Crippen LogP contribution is 2.31. The number of benzene rings is 2. The van der Waals surface area contributed by atoms with Crippen LogP contribution in [-0.4, -0.2) is 49.3 Å². The Balaban J connectivity index is 1.39. The van der Waals surface area contributed by atoms with Gasteiger partial charge in [-0.2, -0.15) is 5.10 Å². The number of hydrogen-bond donors (Lipinski definition) is 2. The van der Waals surface area contributed by atoms with E-state index in [4.69, 9.17) is 0 Å². The maximum absolute atomic E-state index is 12.8. The van der Waals surface area contributed by atoms with Gasteiger partial charge in [-0.15, -0.1) is 0 Å². The minimum Gasteiger partial charge on any atom is -0.350 e. The summed E-state index contributed by atoms with van der Waals surface area (Å²) in [6, 6.07) is 11.1. The molecule has 0 spiro atoms. The van der Waals surface area contributed by atoms with Crippen LogP contribution in [0.25, 0.3) is 0 Å². The molecule has 35 heavy (non-hydrogen) atoms. The van der Waals surface area contributed by atoms with Crippen molar-refractivity contribution in [2.24, 2.45) is 0 Å². The zero-order valence-electron chi connectivity index (χ0n) is 18.5. The van der Waals surface area contributed by atoms with Gasteiger partial charge in [0, 0.05) is 30.7 Å². The second-order valence-electron chi connectivity index (χ2n) is 7.78. The van der Waals surface area contributed by atoms with Gasteiger partial charge in [0.2, 0.25) is 11.8 Å². The van der Waals surface area contributed by atoms with E-state index in [-0.39, 0.29) is 30.1 Å². The first-order valence-corrected chi connectivity index (χ1v) is 10.6. The zero-order chi connectivity index (χ0) is 25.1. The molecule has 0 radical (unpaired) electrons. The minimum atomic E-state index is -1.20. The average molecular weight is 476 g/mol. The summed E-state index contributed by atoms with van der Waals surface area (Å²) in [4.78, 5) is 61.7. The third-order valence-electron chi connectivity index (χ3n) is 5.43. The molecule has 0 aliphatic carbocycles. The second-order valence-corrected chi connectivity index (χ2v) is 7.78. The number of nitro groups is 1. The Bertz CT molecular complexity index is 1340. The summed E-state index contributed by atoms with van der Waals surface area (Å²) in [5.74, 6) is -2.54. The average Bonchev–Trinajstić information content (AvgIpc) is 3.43. The molecule has 12 heteroatoms. The molecule has 0 saturated heterocycles. The number of imide groups is 1. The first-order chi connectivity index (χ1) is 16.8. The standard InChI is InChI=1S/C23H20N6O6/c1-14(28-22(32)17-7-3-8-18(29(34)35)20(17)23(28)33)21(31)24-12-15-5-2-6-16(11-15)26-19(30)13-27-10-4-9-25-27/h2-11,14H,12-13H2,1H3,(H,24,31)(H,26,30). The number of nitrogens with zero attached hydrogens (tertiary/aromatic N) is 4. The van der Waals surface area contributed by atoms with Gasteiger partial charge in [0.1, 0.15) is 18.2 Å². The van der Waals surface area contributed by atoms with Gasteiger partial charge in [-0.05, 0) is 36.8 Å². The molecule has 1 aliphatic rings. The van der Waals surface area contributed by atoms with E-state index in [1.54, 1.807) is 42.7 Å². The third kappa shape index (κ3) is 4.76. The molecule has 1 aliphatic heterocycles. The lowest BCUT2D eigenvalue weighted by Gasteiger charge is -2.21. The molecule has 12 nitrogen and oxygen atoms in total. The van der Waals surface area contributed by atoms with Crippen molar-refractivity contribution < 1.29 is 24.1 Å². The van der Waals surface area contributed by atoms with Gasteiger partial charge < -0.3 is 10.6 Å². The van der Waals surface area contributed by atoms with Crippen molar-refractivity contribution in [2.75, 3.05) is 5.32 Å². The summed E-state index contributed by atoms with van der Waals surface area (Å²) in [6.45, 7) is 1.48. The summed E-state index contributed by atoms with van der Waals surface area (Å²) < 4.78 is 1.48. The number of carbonyl (C=O) groups excluding carboxylic acids is 4. The first kappa shape index (κ1) is 23.3. The van der Waals surface area contributed by atoms with Gasteiger partial charge in [0.05, 0.1) is 10.5 Å². The highest BCUT2D eigenvalue weighted by atomic mass is 16.6. The van der Waals surface area contributed by atoms with Crippen molar-refractivity contribution in [1.82, 2.24) is 20.0 Å². The number of aromatic nitrogens is 2. The fourth-order valence-corrected chi connectivity index (χ4v) is 3.74. The van der Waals surface area contributed by atoms with Crippen molar-refractivity contribution in [3.05, 3.63) is 87.7 Å². The predicted octanol–water partition coefficient (Wildman–Crippen LogP) is 1.73. The number of amides is 4. The van der Waals surface area contributed by atoms with E-state index in [0.717, 1.165) is 11.0 Å². The Kier molecular flexibility index (Phi) is 6.36. The lowest BCUT2D eigenvalue weighted by Crippen LogP contribution is -2.47. The fourth-order valence-electron chi connectivity index (χ4n) is 3.74. The number of anilines is 1. The van der Waals surface area contributed by atoms with Crippen LogP contribution in [0.15, 0.2) is 60.9 Å². The molecule has 2 aromatic carbocycles. The van der Waals surface area contributed by atoms with E-state index < -0.39 is 34.4 Å². The van der Waals surface area contributed by atoms with Gasteiger partial charge in [0.15, 0.2) is 0 Å². The second kappa shape index (κ2) is 9.55. The van der Waals surface area contributed by atoms with Gasteiger partial charge in [-0.3, -0.25) is 38.9 Å². The number of nitrogens with one attached hydrogen (secondary N) is 2. The zero-order valence-corrected chi connectivity index (χ0v) is 18.5. The maximum Gasteiger partial charge on any atom is 0.282 e. The molecule has 1 unspecified atom stereocenters. The van der Waals surface area contributed by atoms with E-state index in [0.29, 0.717) is 11.3 Å². The Morgan fingerprint density at radius 3 is 2.60 bits per heavy atom. The lowest BCUT2D eigenvalue weighted by atomic mass is 10.1. The van der Waals surface area contributed by atoms with Crippen LogP contribution >= 0.6 is 0 Å². The van der Waals surface area contributed by atoms with E-state index in [1.165, 1.54) is 23.7 Å². The van der Waals surface area contributed by atoms with E-state index >= 15 is 0 Å². The van der Waals surface area contributed by atoms with Gasteiger partial charge >= 0.3 is 0 Å². The Labute approximate surface area is 198 Å². The first-order valence-electron chi connectivity index (χ1n) is 10.6. The largest absolute Gasteiger partial charge is 0.350 e. The van der Waals surface area contributed by atoms with Crippen LogP contribution < -0.4 is 10.6 Å². The number of rotatable bonds is 8. The Morgan fingerprint density at radius 1 is 1.11 bits per heavy atom. The molecular weight excluding hydrogens is 456 g/mol. The number of nitro benzene ring substituents is 1. The summed E-state index contributed by atoms with van der Waals surface area (Å²) in [6.07, 6.45) is 3.24. The third-order valence-corrected chi connectivity index (χ3v) is 5.43. The quantitative estimate of drug-likeness (QED) is 0.285. The van der Waals surface area contributed by atoms with Crippen LogP contribution in [0.4, 0.5) is 11.4 Å². The summed E-state index contributed by atoms with van der Waals surface area (Å²) in [5.41, 5.74) is 0.278. The highest BCUT2D eigenvalue weighted by Gasteiger charge is 2.44. The smallest absolute Gasteiger partial charge is 0.282 e. The van der Waals surface area contributed by atoms with E-state index in [2.05, 4.69) is 15.7 Å². The molecule has 3 aromatic rings. The van der Waals surface area contributed by atoms with Gasteiger partial charge in [-0.25, -0.2) is 0 Å². The Morgan fingerprint density at radius 2 is 1.89 bits per heavy atom. The van der Waals surface area contributed by atoms with Crippen molar-refractivity contribution in [3.63, 3.8) is 0 Å². The van der Waals surface area contributed by atoms with Gasteiger partial charge in [-0.1, -0.05) is 18.2 Å². The van der Waals surface area contributed by atoms with Crippen molar-refractivity contribution in [2.45, 2.75) is 26.1 Å². The normalized spacial score (nSPS) is 13.3. The summed E-state index contributed by atoms with van der Waals surface area (Å²) in [7, 11) is 0. The number of carbonyl (C=O) groups is 4. The molecule has 1 atom stereocenters. The van der Waals surface area contributed by atoms with Crippen LogP contribution in [0.3, 0.4) is 0 Å². The number of hydrogen-bond acceptors (Lipinski definition) is 7. The molecule has 2 N–H and O–H groups in total. The van der Waals surface area contributed by atoms with Crippen LogP contribution in [0, 0.1) is 10.1 Å². The van der Waals surface area contributed by atoms with Gasteiger partial charge in [0.25, 0.3) is 17.5 Å². The summed E-state index contributed by atoms with van der Waals surface area (Å²) in [5, 5.41) is 20.6. The van der Waals surface area contributed by atoms with E-state index in [9.17, 15) is 29.3 Å². The van der Waals surface area contributed by atoms with Crippen LogP contribution in [-0.2, 0) is 22.7 Å². The van der Waals surface area contributed by atoms with E-state index in [1.807, 2.05) is 0 Å². The summed E-state index contributed by atoms with van der Waals surface area (Å²) >= 11 is 0. The Hall–Kier alpha value is -4.87. The fraction of sp³-hybridized carbons (Fsp3) is 0.174.